The van der Waals surface area contributed by atoms with Crippen LogP contribution in [0.4, 0.5) is 0 Å². The topological polar surface area (TPSA) is 100 Å². The van der Waals surface area contributed by atoms with E-state index in [2.05, 4.69) is 20.6 Å². The van der Waals surface area contributed by atoms with Crippen LogP contribution in [0.3, 0.4) is 0 Å². The lowest BCUT2D eigenvalue weighted by Gasteiger charge is -2.36. The fraction of sp³-hybridized carbons (Fsp3) is 0.368. The molecular weight excluding hydrogens is 398 g/mol. The summed E-state index contributed by atoms with van der Waals surface area (Å²) in [6, 6.07) is 9.54. The Morgan fingerprint density at radius 3 is 2.72 bits per heavy atom. The Kier molecular flexibility index (Phi) is 4.34. The van der Waals surface area contributed by atoms with Crippen molar-refractivity contribution in [3.05, 3.63) is 35.9 Å². The monoisotopic (exact) mass is 413 g/mol. The van der Waals surface area contributed by atoms with Gasteiger partial charge in [-0.2, -0.15) is 0 Å². The highest BCUT2D eigenvalue weighted by molar-refractivity contribution is 6.99. The molecule has 2 aromatic rings. The van der Waals surface area contributed by atoms with Crippen LogP contribution in [0.1, 0.15) is 12.0 Å². The number of rotatable bonds is 4. The van der Waals surface area contributed by atoms with E-state index in [1.165, 1.54) is 0 Å². The minimum atomic E-state index is -1.54. The number of aromatic nitrogens is 2. The minimum Gasteiger partial charge on any atom is -0.460 e. The molecule has 0 N–H and O–H groups in total. The first-order valence-corrected chi connectivity index (χ1v) is 9.76. The number of ether oxygens (including phenoxy) is 4. The van der Waals surface area contributed by atoms with Crippen molar-refractivity contribution in [3.8, 4) is 23.6 Å². The molecule has 3 aliphatic heterocycles. The molecule has 0 aliphatic carbocycles. The molecule has 5 rings (SSSR count). The van der Waals surface area contributed by atoms with E-state index >= 15 is 0 Å². The van der Waals surface area contributed by atoms with Gasteiger partial charge in [0.2, 0.25) is 0 Å². The molecule has 0 amide bonds. The third kappa shape index (κ3) is 3.08. The summed E-state index contributed by atoms with van der Waals surface area (Å²) < 4.78 is 30.4. The first-order valence-electron chi connectivity index (χ1n) is 9.03. The first kappa shape index (κ1) is 17.9. The minimum absolute atomic E-state index is 0.0288. The van der Waals surface area contributed by atoms with Gasteiger partial charge >= 0.3 is 17.8 Å². The van der Waals surface area contributed by atoms with Crippen molar-refractivity contribution < 1.29 is 28.5 Å². The molecule has 0 saturated carbocycles. The van der Waals surface area contributed by atoms with Crippen LogP contribution in [-0.4, -0.2) is 57.3 Å². The van der Waals surface area contributed by atoms with Crippen LogP contribution in [0.5, 0.6) is 11.8 Å². The Morgan fingerprint density at radius 1 is 1.17 bits per heavy atom. The van der Waals surface area contributed by atoms with Crippen molar-refractivity contribution in [2.75, 3.05) is 19.7 Å². The average molecular weight is 413 g/mol. The largest absolute Gasteiger partial charge is 0.460 e. The van der Waals surface area contributed by atoms with E-state index in [-0.39, 0.29) is 24.3 Å². The summed E-state index contributed by atoms with van der Waals surface area (Å²) in [5.41, 5.74) is 0.881. The summed E-state index contributed by atoms with van der Waals surface area (Å²) in [4.78, 5) is 25.1. The van der Waals surface area contributed by atoms with Gasteiger partial charge in [0.1, 0.15) is 0 Å². The van der Waals surface area contributed by atoms with E-state index in [9.17, 15) is 9.59 Å². The normalized spacial score (nSPS) is 26.0. The van der Waals surface area contributed by atoms with Gasteiger partial charge in [0.25, 0.3) is 11.8 Å². The smallest absolute Gasteiger partial charge is 0.422 e. The summed E-state index contributed by atoms with van der Waals surface area (Å²) in [7, 11) is 0. The SMILES string of the molecule is O=C1OC2(OC1=O)C(Oc1nsnc1OCC#Cc1ccccc1)C1CCN2C1. The molecule has 3 saturated heterocycles. The van der Waals surface area contributed by atoms with Crippen molar-refractivity contribution >= 4 is 23.7 Å². The lowest BCUT2D eigenvalue weighted by atomic mass is 9.99. The molecule has 148 valence electrons. The van der Waals surface area contributed by atoms with Crippen molar-refractivity contribution in [3.63, 3.8) is 0 Å². The van der Waals surface area contributed by atoms with Gasteiger partial charge in [-0.25, -0.2) is 14.5 Å². The number of nitrogens with zero attached hydrogens (tertiary/aromatic N) is 3. The molecule has 29 heavy (non-hydrogen) atoms. The van der Waals surface area contributed by atoms with E-state index in [1.54, 1.807) is 4.90 Å². The molecule has 2 bridgehead atoms. The van der Waals surface area contributed by atoms with Crippen LogP contribution >= 0.6 is 11.7 Å². The molecule has 1 aromatic heterocycles. The van der Waals surface area contributed by atoms with E-state index in [0.717, 1.165) is 23.7 Å². The van der Waals surface area contributed by atoms with Crippen LogP contribution < -0.4 is 9.47 Å². The second-order valence-electron chi connectivity index (χ2n) is 6.77. The average Bonchev–Trinajstić information content (AvgIpc) is 3.48. The number of esters is 2. The van der Waals surface area contributed by atoms with Crippen LogP contribution in [0.2, 0.25) is 0 Å². The Balaban J connectivity index is 1.29. The van der Waals surface area contributed by atoms with E-state index in [4.69, 9.17) is 18.9 Å². The zero-order chi connectivity index (χ0) is 19.8. The highest BCUT2D eigenvalue weighted by atomic mass is 32.1. The second kappa shape index (κ2) is 7.02. The van der Waals surface area contributed by atoms with E-state index in [1.807, 2.05) is 30.3 Å². The van der Waals surface area contributed by atoms with Gasteiger partial charge in [0, 0.05) is 24.6 Å². The summed E-state index contributed by atoms with van der Waals surface area (Å²) >= 11 is 0.929. The van der Waals surface area contributed by atoms with Crippen LogP contribution in [-0.2, 0) is 19.1 Å². The van der Waals surface area contributed by atoms with Crippen LogP contribution in [0, 0.1) is 17.8 Å². The Morgan fingerprint density at radius 2 is 1.93 bits per heavy atom. The van der Waals surface area contributed by atoms with Crippen molar-refractivity contribution in [1.29, 1.82) is 0 Å². The molecule has 4 heterocycles. The zero-order valence-electron chi connectivity index (χ0n) is 15.1. The van der Waals surface area contributed by atoms with Gasteiger partial charge in [-0.1, -0.05) is 30.0 Å². The third-order valence-corrected chi connectivity index (χ3v) is 5.55. The maximum absolute atomic E-state index is 11.7. The number of hydrogen-bond donors (Lipinski definition) is 0. The highest BCUT2D eigenvalue weighted by Crippen LogP contribution is 2.47. The number of hydrogen-bond acceptors (Lipinski definition) is 10. The van der Waals surface area contributed by atoms with E-state index < -0.39 is 24.0 Å². The number of fused-ring (bicyclic) bond motifs is 3. The van der Waals surface area contributed by atoms with Crippen LogP contribution in [0.15, 0.2) is 30.3 Å². The second-order valence-corrected chi connectivity index (χ2v) is 7.30. The summed E-state index contributed by atoms with van der Waals surface area (Å²) in [5, 5.41) is 0. The Labute approximate surface area is 169 Å². The summed E-state index contributed by atoms with van der Waals surface area (Å²) in [6.45, 7) is 1.35. The van der Waals surface area contributed by atoms with Gasteiger partial charge in [-0.15, -0.1) is 8.75 Å². The van der Waals surface area contributed by atoms with Gasteiger partial charge < -0.3 is 18.9 Å². The zero-order valence-corrected chi connectivity index (χ0v) is 15.9. The summed E-state index contributed by atoms with van der Waals surface area (Å²) in [5.74, 6) is 2.71. The van der Waals surface area contributed by atoms with Crippen molar-refractivity contribution in [2.24, 2.45) is 5.92 Å². The van der Waals surface area contributed by atoms with Crippen molar-refractivity contribution in [2.45, 2.75) is 18.4 Å². The maximum Gasteiger partial charge on any atom is 0.422 e. The van der Waals surface area contributed by atoms with Gasteiger partial charge in [-0.3, -0.25) is 0 Å². The molecule has 3 aliphatic rings. The molecule has 1 aromatic carbocycles. The molecule has 0 radical (unpaired) electrons. The third-order valence-electron chi connectivity index (χ3n) is 5.05. The fourth-order valence-corrected chi connectivity index (χ4v) is 4.24. The Hall–Kier alpha value is -3.16. The predicted octanol–water partition coefficient (Wildman–Crippen LogP) is 0.805. The Bertz CT molecular complexity index is 998. The lowest BCUT2D eigenvalue weighted by Crippen LogP contribution is -2.57. The fourth-order valence-electron chi connectivity index (χ4n) is 3.80. The summed E-state index contributed by atoms with van der Waals surface area (Å²) in [6.07, 6.45) is 0.131. The first-order chi connectivity index (χ1) is 14.2. The molecule has 10 heteroatoms. The molecule has 1 spiro atoms. The number of piperidine rings is 1. The van der Waals surface area contributed by atoms with Gasteiger partial charge in [0.05, 0.1) is 11.7 Å². The standard InChI is InChI=1S/C19H15N3O6S/c23-17-18(24)28-19(27-17)14(13-8-9-22(19)11-13)26-16-15(20-29-21-16)25-10-4-7-12-5-2-1-3-6-12/h1-3,5-6,13-14H,8-11H2. The lowest BCUT2D eigenvalue weighted by molar-refractivity contribution is -0.273. The quantitative estimate of drug-likeness (QED) is 0.409. The number of carbonyl (C=O) groups excluding carboxylic acids is 2. The number of benzene rings is 1. The maximum atomic E-state index is 11.7. The predicted molar refractivity (Wildman–Crippen MR) is 97.7 cm³/mol. The highest BCUT2D eigenvalue weighted by Gasteiger charge is 2.69. The van der Waals surface area contributed by atoms with Crippen LogP contribution in [0.25, 0.3) is 0 Å². The molecule has 3 atom stereocenters. The van der Waals surface area contributed by atoms with Gasteiger partial charge in [-0.05, 0) is 18.6 Å². The number of carbonyl (C=O) groups is 2. The molecular formula is C19H15N3O6S. The molecule has 3 fully saturated rings. The van der Waals surface area contributed by atoms with Crippen molar-refractivity contribution in [1.82, 2.24) is 13.6 Å². The molecule has 9 nitrogen and oxygen atoms in total. The van der Waals surface area contributed by atoms with E-state index in [0.29, 0.717) is 13.1 Å². The van der Waals surface area contributed by atoms with Gasteiger partial charge in [0.15, 0.2) is 12.7 Å². The molecule has 3 unspecified atom stereocenters.